The van der Waals surface area contributed by atoms with Gasteiger partial charge in [-0.1, -0.05) is 6.07 Å². The minimum absolute atomic E-state index is 0.000902. The quantitative estimate of drug-likeness (QED) is 0.785. The number of carbonyl (C=O) groups is 1. The lowest BCUT2D eigenvalue weighted by molar-refractivity contribution is -0.123. The Hall–Kier alpha value is -2.82. The van der Waals surface area contributed by atoms with Crippen LogP contribution in [-0.4, -0.2) is 22.1 Å². The number of pyridine rings is 1. The van der Waals surface area contributed by atoms with E-state index in [4.69, 9.17) is 4.74 Å². The lowest BCUT2D eigenvalue weighted by Crippen LogP contribution is -2.28. The first-order valence-electron chi connectivity index (χ1n) is 7.06. The van der Waals surface area contributed by atoms with Crippen LogP contribution in [0.15, 0.2) is 55.0 Å². The van der Waals surface area contributed by atoms with Gasteiger partial charge in [-0.2, -0.15) is 0 Å². The normalized spacial score (nSPS) is 10.6. The highest BCUT2D eigenvalue weighted by Gasteiger charge is 2.07. The van der Waals surface area contributed by atoms with Gasteiger partial charge < -0.3 is 14.6 Å². The number of nitrogens with one attached hydrogen (secondary N) is 1. The molecule has 0 aliphatic heterocycles. The zero-order valence-electron chi connectivity index (χ0n) is 12.3. The van der Waals surface area contributed by atoms with E-state index in [9.17, 15) is 4.79 Å². The van der Waals surface area contributed by atoms with Crippen LogP contribution in [0.25, 0.3) is 10.9 Å². The average Bonchev–Trinajstić information content (AvgIpc) is 2.94. The Kier molecular flexibility index (Phi) is 4.05. The Morgan fingerprint density at radius 1 is 1.23 bits per heavy atom. The maximum Gasteiger partial charge on any atom is 0.258 e. The summed E-state index contributed by atoms with van der Waals surface area (Å²) in [6.45, 7) is 0.472. The smallest absolute Gasteiger partial charge is 0.258 e. The first-order chi connectivity index (χ1) is 10.7. The molecule has 5 heteroatoms. The van der Waals surface area contributed by atoms with Crippen molar-refractivity contribution < 1.29 is 9.53 Å². The van der Waals surface area contributed by atoms with Crippen molar-refractivity contribution in [3.63, 3.8) is 0 Å². The first-order valence-corrected chi connectivity index (χ1v) is 7.06. The summed E-state index contributed by atoms with van der Waals surface area (Å²) in [5.41, 5.74) is 2.09. The van der Waals surface area contributed by atoms with E-state index in [1.54, 1.807) is 12.4 Å². The molecule has 0 atom stereocenters. The largest absolute Gasteiger partial charge is 0.483 e. The Morgan fingerprint density at radius 2 is 2.05 bits per heavy atom. The van der Waals surface area contributed by atoms with Crippen molar-refractivity contribution in [1.29, 1.82) is 0 Å². The fraction of sp³-hybridized carbons (Fsp3) is 0.176. The first kappa shape index (κ1) is 14.1. The molecule has 0 bridgehead atoms. The Labute approximate surface area is 128 Å². The number of benzene rings is 1. The molecule has 2 aromatic heterocycles. The second-order valence-electron chi connectivity index (χ2n) is 5.04. The van der Waals surface area contributed by atoms with Crippen LogP contribution < -0.4 is 10.1 Å². The maximum atomic E-state index is 11.9. The van der Waals surface area contributed by atoms with E-state index in [0.29, 0.717) is 6.54 Å². The van der Waals surface area contributed by atoms with Crippen LogP contribution in [0.2, 0.25) is 0 Å². The second-order valence-corrected chi connectivity index (χ2v) is 5.04. The zero-order valence-corrected chi connectivity index (χ0v) is 12.3. The van der Waals surface area contributed by atoms with Crippen molar-refractivity contribution in [2.45, 2.75) is 6.54 Å². The van der Waals surface area contributed by atoms with E-state index in [2.05, 4.69) is 10.3 Å². The van der Waals surface area contributed by atoms with Gasteiger partial charge in [0.05, 0.1) is 5.52 Å². The van der Waals surface area contributed by atoms with Gasteiger partial charge >= 0.3 is 0 Å². The molecule has 2 heterocycles. The Balaban J connectivity index is 1.58. The molecule has 0 saturated heterocycles. The molecule has 0 radical (unpaired) electrons. The summed E-state index contributed by atoms with van der Waals surface area (Å²) in [6.07, 6.45) is 5.38. The summed E-state index contributed by atoms with van der Waals surface area (Å²) >= 11 is 0. The predicted octanol–water partition coefficient (Wildman–Crippen LogP) is 2.27. The monoisotopic (exact) mass is 295 g/mol. The highest BCUT2D eigenvalue weighted by atomic mass is 16.5. The molecular weight excluding hydrogens is 278 g/mol. The van der Waals surface area contributed by atoms with Crippen LogP contribution in [0.3, 0.4) is 0 Å². The second kappa shape index (κ2) is 6.30. The molecule has 0 aliphatic carbocycles. The Bertz CT molecular complexity index is 781. The molecule has 3 rings (SSSR count). The fourth-order valence-electron chi connectivity index (χ4n) is 2.30. The van der Waals surface area contributed by atoms with Gasteiger partial charge in [-0.3, -0.25) is 9.78 Å². The highest BCUT2D eigenvalue weighted by molar-refractivity contribution is 5.87. The molecule has 1 amide bonds. The van der Waals surface area contributed by atoms with Crippen LogP contribution in [0.5, 0.6) is 5.75 Å². The molecule has 0 spiro atoms. The third-order valence-electron chi connectivity index (χ3n) is 3.49. The zero-order chi connectivity index (χ0) is 15.4. The number of nitrogens with zero attached hydrogens (tertiary/aromatic N) is 2. The van der Waals surface area contributed by atoms with E-state index in [1.807, 2.05) is 54.2 Å². The van der Waals surface area contributed by atoms with Gasteiger partial charge in [-0.05, 0) is 35.9 Å². The topological polar surface area (TPSA) is 56.1 Å². The average molecular weight is 295 g/mol. The molecule has 0 fully saturated rings. The number of hydrogen-bond donors (Lipinski definition) is 1. The predicted molar refractivity (Wildman–Crippen MR) is 84.5 cm³/mol. The molecule has 0 saturated carbocycles. The minimum Gasteiger partial charge on any atom is -0.483 e. The van der Waals surface area contributed by atoms with Gasteiger partial charge in [0.15, 0.2) is 6.61 Å². The fourth-order valence-corrected chi connectivity index (χ4v) is 2.30. The van der Waals surface area contributed by atoms with Crippen molar-refractivity contribution in [2.24, 2.45) is 7.05 Å². The van der Waals surface area contributed by atoms with Crippen molar-refractivity contribution in [2.75, 3.05) is 6.61 Å². The standard InChI is InChI=1S/C17H17N3O2/c1-20-10-7-14-15(20)3-2-4-16(14)22-12-17(21)19-11-13-5-8-18-9-6-13/h2-10H,11-12H2,1H3,(H,19,21). The molecule has 1 N–H and O–H groups in total. The van der Waals surface area contributed by atoms with Gasteiger partial charge in [0.25, 0.3) is 5.91 Å². The number of aryl methyl sites for hydroxylation is 1. The van der Waals surface area contributed by atoms with Crippen LogP contribution >= 0.6 is 0 Å². The summed E-state index contributed by atoms with van der Waals surface area (Å²) in [5, 5.41) is 3.83. The summed E-state index contributed by atoms with van der Waals surface area (Å²) < 4.78 is 7.66. The van der Waals surface area contributed by atoms with Crippen LogP contribution in [0.1, 0.15) is 5.56 Å². The lowest BCUT2D eigenvalue weighted by atomic mass is 10.2. The van der Waals surface area contributed by atoms with Crippen molar-refractivity contribution in [3.05, 3.63) is 60.6 Å². The SMILES string of the molecule is Cn1ccc2c(OCC(=O)NCc3ccncc3)cccc21. The summed E-state index contributed by atoms with van der Waals surface area (Å²) in [6, 6.07) is 11.5. The van der Waals surface area contributed by atoms with Gasteiger partial charge in [0.2, 0.25) is 0 Å². The minimum atomic E-state index is -0.148. The van der Waals surface area contributed by atoms with Gasteiger partial charge in [0.1, 0.15) is 5.75 Å². The lowest BCUT2D eigenvalue weighted by Gasteiger charge is -2.09. The molecule has 0 unspecified atom stereocenters. The molecule has 0 aliphatic rings. The summed E-state index contributed by atoms with van der Waals surface area (Å²) in [7, 11) is 1.98. The number of fused-ring (bicyclic) bond motifs is 1. The van der Waals surface area contributed by atoms with Crippen molar-refractivity contribution in [3.8, 4) is 5.75 Å². The van der Waals surface area contributed by atoms with E-state index in [1.165, 1.54) is 0 Å². The van der Waals surface area contributed by atoms with Gasteiger partial charge in [-0.15, -0.1) is 0 Å². The Morgan fingerprint density at radius 3 is 2.86 bits per heavy atom. The molecule has 5 nitrogen and oxygen atoms in total. The maximum absolute atomic E-state index is 11.9. The van der Waals surface area contributed by atoms with Crippen molar-refractivity contribution in [1.82, 2.24) is 14.9 Å². The molecule has 22 heavy (non-hydrogen) atoms. The van der Waals surface area contributed by atoms with Crippen LogP contribution in [0.4, 0.5) is 0 Å². The number of hydrogen-bond acceptors (Lipinski definition) is 3. The number of carbonyl (C=O) groups excluding carboxylic acids is 1. The third-order valence-corrected chi connectivity index (χ3v) is 3.49. The van der Waals surface area contributed by atoms with E-state index >= 15 is 0 Å². The van der Waals surface area contributed by atoms with Crippen molar-refractivity contribution >= 4 is 16.8 Å². The number of rotatable bonds is 5. The molecule has 112 valence electrons. The highest BCUT2D eigenvalue weighted by Crippen LogP contribution is 2.25. The number of amides is 1. The third kappa shape index (κ3) is 3.09. The van der Waals surface area contributed by atoms with Gasteiger partial charge in [0, 0.05) is 37.6 Å². The molecule has 3 aromatic rings. The van der Waals surface area contributed by atoms with Gasteiger partial charge in [-0.25, -0.2) is 0 Å². The van der Waals surface area contributed by atoms with Crippen LogP contribution in [-0.2, 0) is 18.4 Å². The summed E-state index contributed by atoms with van der Waals surface area (Å²) in [4.78, 5) is 15.8. The summed E-state index contributed by atoms with van der Waals surface area (Å²) in [5.74, 6) is 0.571. The molecular formula is C17H17N3O2. The molecule has 1 aromatic carbocycles. The van der Waals surface area contributed by atoms with E-state index in [-0.39, 0.29) is 12.5 Å². The van der Waals surface area contributed by atoms with E-state index < -0.39 is 0 Å². The number of ether oxygens (including phenoxy) is 1. The van der Waals surface area contributed by atoms with Crippen LogP contribution in [0, 0.1) is 0 Å². The number of aromatic nitrogens is 2. The van der Waals surface area contributed by atoms with E-state index in [0.717, 1.165) is 22.2 Å².